The lowest BCUT2D eigenvalue weighted by Crippen LogP contribution is -2.55. The molecule has 2 saturated heterocycles. The SMILES string of the molecule is CCCC1(N2CCOCC2)CCSCC1. The van der Waals surface area contributed by atoms with Gasteiger partial charge in [-0.3, -0.25) is 4.90 Å². The van der Waals surface area contributed by atoms with E-state index in [1.54, 1.807) is 0 Å². The van der Waals surface area contributed by atoms with Crippen LogP contribution in [0, 0.1) is 0 Å². The molecule has 15 heavy (non-hydrogen) atoms. The van der Waals surface area contributed by atoms with Crippen LogP contribution >= 0.6 is 11.8 Å². The highest BCUT2D eigenvalue weighted by molar-refractivity contribution is 7.99. The molecule has 0 N–H and O–H groups in total. The fraction of sp³-hybridized carbons (Fsp3) is 1.00. The minimum absolute atomic E-state index is 0.532. The number of morpholine rings is 1. The van der Waals surface area contributed by atoms with Gasteiger partial charge in [-0.15, -0.1) is 0 Å². The maximum Gasteiger partial charge on any atom is 0.0594 e. The minimum Gasteiger partial charge on any atom is -0.379 e. The summed E-state index contributed by atoms with van der Waals surface area (Å²) in [6.45, 7) is 6.52. The van der Waals surface area contributed by atoms with Crippen molar-refractivity contribution in [2.45, 2.75) is 38.1 Å². The van der Waals surface area contributed by atoms with Crippen molar-refractivity contribution in [3.05, 3.63) is 0 Å². The number of ether oxygens (including phenoxy) is 1. The van der Waals surface area contributed by atoms with Crippen LogP contribution in [0.1, 0.15) is 32.6 Å². The van der Waals surface area contributed by atoms with E-state index in [1.165, 1.54) is 37.2 Å². The van der Waals surface area contributed by atoms with Crippen LogP contribution < -0.4 is 0 Å². The van der Waals surface area contributed by atoms with Gasteiger partial charge in [-0.25, -0.2) is 0 Å². The summed E-state index contributed by atoms with van der Waals surface area (Å²) < 4.78 is 5.47. The first-order chi connectivity index (χ1) is 7.37. The second-order valence-electron chi connectivity index (χ2n) is 4.69. The van der Waals surface area contributed by atoms with Crippen LogP contribution in [0.25, 0.3) is 0 Å². The number of hydrogen-bond donors (Lipinski definition) is 0. The van der Waals surface area contributed by atoms with Crippen LogP contribution in [-0.2, 0) is 4.74 Å². The Bertz CT molecular complexity index is 181. The summed E-state index contributed by atoms with van der Waals surface area (Å²) in [6.07, 6.45) is 5.49. The summed E-state index contributed by atoms with van der Waals surface area (Å²) >= 11 is 2.13. The smallest absolute Gasteiger partial charge is 0.0594 e. The van der Waals surface area contributed by atoms with E-state index in [-0.39, 0.29) is 0 Å². The Hall–Kier alpha value is 0.270. The van der Waals surface area contributed by atoms with Gasteiger partial charge >= 0.3 is 0 Å². The molecule has 0 aliphatic carbocycles. The van der Waals surface area contributed by atoms with Crippen LogP contribution in [0.15, 0.2) is 0 Å². The molecule has 0 atom stereocenters. The van der Waals surface area contributed by atoms with Crippen molar-refractivity contribution < 1.29 is 4.74 Å². The van der Waals surface area contributed by atoms with Gasteiger partial charge in [-0.2, -0.15) is 11.8 Å². The molecule has 0 saturated carbocycles. The van der Waals surface area contributed by atoms with Gasteiger partial charge in [0.25, 0.3) is 0 Å². The van der Waals surface area contributed by atoms with Crippen LogP contribution in [-0.4, -0.2) is 48.2 Å². The Kier molecular flexibility index (Phi) is 4.35. The summed E-state index contributed by atoms with van der Waals surface area (Å²) in [5, 5.41) is 0. The average Bonchev–Trinajstić information content (AvgIpc) is 2.32. The van der Waals surface area contributed by atoms with E-state index in [2.05, 4.69) is 23.6 Å². The standard InChI is InChI=1S/C12H23NOS/c1-2-3-12(4-10-15-11-5-12)13-6-8-14-9-7-13/h2-11H2,1H3. The van der Waals surface area contributed by atoms with Gasteiger partial charge in [0.2, 0.25) is 0 Å². The van der Waals surface area contributed by atoms with Gasteiger partial charge in [-0.1, -0.05) is 13.3 Å². The van der Waals surface area contributed by atoms with Crippen LogP contribution in [0.2, 0.25) is 0 Å². The molecule has 2 fully saturated rings. The van der Waals surface area contributed by atoms with E-state index in [4.69, 9.17) is 4.74 Å². The normalized spacial score (nSPS) is 27.8. The Balaban J connectivity index is 2.01. The minimum atomic E-state index is 0.532. The third kappa shape index (κ3) is 2.69. The molecule has 2 nitrogen and oxygen atoms in total. The predicted molar refractivity (Wildman–Crippen MR) is 66.6 cm³/mol. The Morgan fingerprint density at radius 3 is 2.47 bits per heavy atom. The molecule has 0 aromatic rings. The molecule has 0 unspecified atom stereocenters. The van der Waals surface area contributed by atoms with E-state index in [0.717, 1.165) is 26.3 Å². The summed E-state index contributed by atoms with van der Waals surface area (Å²) in [7, 11) is 0. The van der Waals surface area contributed by atoms with E-state index < -0.39 is 0 Å². The number of rotatable bonds is 3. The van der Waals surface area contributed by atoms with Crippen molar-refractivity contribution in [2.75, 3.05) is 37.8 Å². The van der Waals surface area contributed by atoms with E-state index in [0.29, 0.717) is 5.54 Å². The highest BCUT2D eigenvalue weighted by atomic mass is 32.2. The fourth-order valence-electron chi connectivity index (χ4n) is 2.98. The second kappa shape index (κ2) is 5.55. The topological polar surface area (TPSA) is 12.5 Å². The highest BCUT2D eigenvalue weighted by Crippen LogP contribution is 2.36. The molecule has 0 aromatic carbocycles. The van der Waals surface area contributed by atoms with E-state index >= 15 is 0 Å². The fourth-order valence-corrected chi connectivity index (χ4v) is 4.23. The lowest BCUT2D eigenvalue weighted by Gasteiger charge is -2.48. The Morgan fingerprint density at radius 2 is 1.87 bits per heavy atom. The molecule has 88 valence electrons. The van der Waals surface area contributed by atoms with Crippen LogP contribution in [0.3, 0.4) is 0 Å². The molecule has 2 aliphatic rings. The van der Waals surface area contributed by atoms with Gasteiger partial charge in [0.05, 0.1) is 13.2 Å². The highest BCUT2D eigenvalue weighted by Gasteiger charge is 2.37. The monoisotopic (exact) mass is 229 g/mol. The summed E-state index contributed by atoms with van der Waals surface area (Å²) in [5.74, 6) is 2.72. The molecular formula is C12H23NOS. The van der Waals surface area contributed by atoms with Gasteiger partial charge in [-0.05, 0) is 30.8 Å². The molecule has 2 rings (SSSR count). The van der Waals surface area contributed by atoms with Crippen LogP contribution in [0.4, 0.5) is 0 Å². The summed E-state index contributed by atoms with van der Waals surface area (Å²) in [4.78, 5) is 2.72. The Labute approximate surface area is 97.7 Å². The first kappa shape index (κ1) is 11.7. The van der Waals surface area contributed by atoms with Crippen molar-refractivity contribution in [2.24, 2.45) is 0 Å². The number of hydrogen-bond acceptors (Lipinski definition) is 3. The van der Waals surface area contributed by atoms with Crippen molar-refractivity contribution in [1.82, 2.24) is 4.90 Å². The molecule has 2 aliphatic heterocycles. The third-order valence-corrected chi connectivity index (χ3v) is 4.81. The van der Waals surface area contributed by atoms with Crippen molar-refractivity contribution >= 4 is 11.8 Å². The first-order valence-electron chi connectivity index (χ1n) is 6.28. The zero-order valence-electron chi connectivity index (χ0n) is 9.83. The van der Waals surface area contributed by atoms with Gasteiger partial charge < -0.3 is 4.74 Å². The predicted octanol–water partition coefficient (Wildman–Crippen LogP) is 2.38. The number of thioether (sulfide) groups is 1. The molecule has 0 spiro atoms. The molecule has 3 heteroatoms. The maximum absolute atomic E-state index is 5.47. The van der Waals surface area contributed by atoms with Gasteiger partial charge in [0.15, 0.2) is 0 Å². The average molecular weight is 229 g/mol. The second-order valence-corrected chi connectivity index (χ2v) is 5.91. The largest absolute Gasteiger partial charge is 0.379 e. The molecule has 0 aromatic heterocycles. The lowest BCUT2D eigenvalue weighted by molar-refractivity contribution is -0.0301. The molecule has 0 amide bonds. The lowest BCUT2D eigenvalue weighted by atomic mass is 9.85. The zero-order valence-corrected chi connectivity index (χ0v) is 10.7. The zero-order chi connectivity index (χ0) is 10.6. The summed E-state index contributed by atoms with van der Waals surface area (Å²) in [6, 6.07) is 0. The van der Waals surface area contributed by atoms with E-state index in [1.807, 2.05) is 0 Å². The van der Waals surface area contributed by atoms with Crippen molar-refractivity contribution in [3.8, 4) is 0 Å². The Morgan fingerprint density at radius 1 is 1.20 bits per heavy atom. The van der Waals surface area contributed by atoms with Gasteiger partial charge in [0.1, 0.15) is 0 Å². The molecule has 0 radical (unpaired) electrons. The first-order valence-corrected chi connectivity index (χ1v) is 7.43. The van der Waals surface area contributed by atoms with Gasteiger partial charge in [0, 0.05) is 18.6 Å². The van der Waals surface area contributed by atoms with Crippen LogP contribution in [0.5, 0.6) is 0 Å². The molecule has 2 heterocycles. The molecular weight excluding hydrogens is 206 g/mol. The van der Waals surface area contributed by atoms with Crippen molar-refractivity contribution in [3.63, 3.8) is 0 Å². The summed E-state index contributed by atoms with van der Waals surface area (Å²) in [5.41, 5.74) is 0.532. The number of nitrogens with zero attached hydrogens (tertiary/aromatic N) is 1. The third-order valence-electron chi connectivity index (χ3n) is 3.82. The van der Waals surface area contributed by atoms with Crippen molar-refractivity contribution in [1.29, 1.82) is 0 Å². The quantitative estimate of drug-likeness (QED) is 0.737. The van der Waals surface area contributed by atoms with E-state index in [9.17, 15) is 0 Å². The molecule has 0 bridgehead atoms. The maximum atomic E-state index is 5.47.